The molecule has 4 rings (SSSR count). The van der Waals surface area contributed by atoms with Crippen LogP contribution in [-0.2, 0) is 6.42 Å². The summed E-state index contributed by atoms with van der Waals surface area (Å²) in [5, 5.41) is 3.27. The average molecular weight is 391 g/mol. The van der Waals surface area contributed by atoms with Gasteiger partial charge in [-0.05, 0) is 56.5 Å². The summed E-state index contributed by atoms with van der Waals surface area (Å²) in [6, 6.07) is 19.2. The van der Waals surface area contributed by atoms with Crippen LogP contribution in [0.2, 0.25) is 0 Å². The zero-order chi connectivity index (χ0) is 19.5. The molecule has 4 aromatic rings. The molecule has 28 heavy (non-hydrogen) atoms. The highest BCUT2D eigenvalue weighted by Gasteiger charge is 2.15. The van der Waals surface area contributed by atoms with Crippen molar-refractivity contribution in [1.82, 2.24) is 4.57 Å². The van der Waals surface area contributed by atoms with Crippen molar-refractivity contribution < 1.29 is 4.42 Å². The number of aryl methyl sites for hydroxylation is 1. The van der Waals surface area contributed by atoms with E-state index in [1.54, 1.807) is 11.3 Å². The van der Waals surface area contributed by atoms with Crippen LogP contribution in [0.4, 0.5) is 5.69 Å². The number of furan rings is 1. The van der Waals surface area contributed by atoms with Crippen molar-refractivity contribution in [2.24, 2.45) is 4.99 Å². The third kappa shape index (κ3) is 3.83. The van der Waals surface area contributed by atoms with E-state index < -0.39 is 0 Å². The maximum absolute atomic E-state index is 6.11. The van der Waals surface area contributed by atoms with E-state index in [1.165, 1.54) is 18.4 Å². The molecule has 4 heteroatoms. The van der Waals surface area contributed by atoms with Gasteiger partial charge in [0, 0.05) is 16.8 Å². The molecular formula is C24H26N2OS. The second-order valence-corrected chi connectivity index (χ2v) is 8.23. The lowest BCUT2D eigenvalue weighted by Gasteiger charge is -2.11. The van der Waals surface area contributed by atoms with E-state index in [0.29, 0.717) is 0 Å². The maximum Gasteiger partial charge on any atom is 0.190 e. The van der Waals surface area contributed by atoms with Crippen LogP contribution in [0.25, 0.3) is 22.4 Å². The van der Waals surface area contributed by atoms with E-state index in [1.807, 2.05) is 18.2 Å². The topological polar surface area (TPSA) is 30.4 Å². The Morgan fingerprint density at radius 3 is 2.57 bits per heavy atom. The van der Waals surface area contributed by atoms with Gasteiger partial charge in [-0.3, -0.25) is 0 Å². The van der Waals surface area contributed by atoms with Crippen LogP contribution in [0.1, 0.15) is 45.2 Å². The number of nitrogens with zero attached hydrogens (tertiary/aromatic N) is 2. The molecule has 144 valence electrons. The first-order chi connectivity index (χ1) is 13.7. The highest BCUT2D eigenvalue weighted by molar-refractivity contribution is 7.07. The number of hydrogen-bond donors (Lipinski definition) is 0. The van der Waals surface area contributed by atoms with E-state index in [0.717, 1.165) is 39.3 Å². The molecule has 0 bridgehead atoms. The lowest BCUT2D eigenvalue weighted by Crippen LogP contribution is -2.17. The molecule has 0 saturated heterocycles. The molecule has 2 aromatic carbocycles. The summed E-state index contributed by atoms with van der Waals surface area (Å²) in [7, 11) is 0. The monoisotopic (exact) mass is 390 g/mol. The van der Waals surface area contributed by atoms with Crippen LogP contribution in [0.3, 0.4) is 0 Å². The fourth-order valence-electron chi connectivity index (χ4n) is 3.42. The van der Waals surface area contributed by atoms with Gasteiger partial charge in [0.25, 0.3) is 0 Å². The Kier molecular flexibility index (Phi) is 5.49. The van der Waals surface area contributed by atoms with Crippen LogP contribution in [0, 0.1) is 0 Å². The van der Waals surface area contributed by atoms with Crippen molar-refractivity contribution in [2.45, 2.75) is 46.1 Å². The Hall–Kier alpha value is -2.59. The molecule has 0 aliphatic heterocycles. The molecule has 3 nitrogen and oxygen atoms in total. The van der Waals surface area contributed by atoms with Crippen molar-refractivity contribution in [1.29, 1.82) is 0 Å². The minimum atomic E-state index is 0.289. The number of aromatic nitrogens is 1. The zero-order valence-electron chi connectivity index (χ0n) is 16.7. The smallest absolute Gasteiger partial charge is 0.190 e. The van der Waals surface area contributed by atoms with E-state index >= 15 is 0 Å². The summed E-state index contributed by atoms with van der Waals surface area (Å²) < 4.78 is 8.36. The molecule has 0 spiro atoms. The number of para-hydroxylation sites is 1. The maximum atomic E-state index is 6.11. The van der Waals surface area contributed by atoms with Crippen LogP contribution in [0.15, 0.2) is 69.4 Å². The number of fused-ring (bicyclic) bond motifs is 1. The quantitative estimate of drug-likeness (QED) is 0.345. The Bertz CT molecular complexity index is 1100. The third-order valence-electron chi connectivity index (χ3n) is 4.92. The van der Waals surface area contributed by atoms with Crippen molar-refractivity contribution >= 4 is 28.0 Å². The molecule has 0 amide bonds. The van der Waals surface area contributed by atoms with Gasteiger partial charge in [0.15, 0.2) is 10.6 Å². The van der Waals surface area contributed by atoms with Gasteiger partial charge in [0.1, 0.15) is 5.58 Å². The summed E-state index contributed by atoms with van der Waals surface area (Å²) in [6.07, 6.45) is 3.59. The van der Waals surface area contributed by atoms with Gasteiger partial charge in [0.2, 0.25) is 0 Å². The van der Waals surface area contributed by atoms with Crippen molar-refractivity contribution in [3.8, 4) is 11.5 Å². The Morgan fingerprint density at radius 2 is 1.86 bits per heavy atom. The lowest BCUT2D eigenvalue weighted by atomic mass is 10.1. The zero-order valence-corrected chi connectivity index (χ0v) is 17.5. The molecule has 0 unspecified atom stereocenters. The molecule has 0 aliphatic carbocycles. The van der Waals surface area contributed by atoms with Crippen molar-refractivity contribution in [2.75, 3.05) is 0 Å². The highest BCUT2D eigenvalue weighted by atomic mass is 32.1. The van der Waals surface area contributed by atoms with Gasteiger partial charge in [-0.25, -0.2) is 4.99 Å². The predicted octanol–water partition coefficient (Wildman–Crippen LogP) is 7.12. The van der Waals surface area contributed by atoms with Gasteiger partial charge < -0.3 is 8.98 Å². The van der Waals surface area contributed by atoms with Crippen LogP contribution in [0.5, 0.6) is 0 Å². The van der Waals surface area contributed by atoms with Crippen LogP contribution >= 0.6 is 11.3 Å². The molecule has 0 radical (unpaired) electrons. The van der Waals surface area contributed by atoms with Crippen LogP contribution < -0.4 is 4.80 Å². The molecule has 0 saturated carbocycles. The van der Waals surface area contributed by atoms with Gasteiger partial charge >= 0.3 is 0 Å². The summed E-state index contributed by atoms with van der Waals surface area (Å²) in [6.45, 7) is 6.60. The summed E-state index contributed by atoms with van der Waals surface area (Å²) in [5.74, 6) is 0.891. The van der Waals surface area contributed by atoms with Gasteiger partial charge in [-0.1, -0.05) is 43.7 Å². The SMILES string of the molecule is CCCCc1ccc(N=c2scc(-c3cc4ccccc4o3)n2C(C)C)cc1. The molecule has 0 fully saturated rings. The Morgan fingerprint density at radius 1 is 1.07 bits per heavy atom. The van der Waals surface area contributed by atoms with E-state index in [2.05, 4.69) is 67.1 Å². The first-order valence-corrected chi connectivity index (χ1v) is 10.9. The summed E-state index contributed by atoms with van der Waals surface area (Å²) in [4.78, 5) is 5.92. The highest BCUT2D eigenvalue weighted by Crippen LogP contribution is 2.29. The fourth-order valence-corrected chi connectivity index (χ4v) is 4.45. The number of rotatable bonds is 6. The summed E-state index contributed by atoms with van der Waals surface area (Å²) in [5.41, 5.74) is 4.37. The first kappa shape index (κ1) is 18.8. The number of thiazole rings is 1. The minimum absolute atomic E-state index is 0.289. The molecule has 2 heterocycles. The molecule has 0 aliphatic rings. The average Bonchev–Trinajstić information content (AvgIpc) is 3.31. The van der Waals surface area contributed by atoms with E-state index in [-0.39, 0.29) is 6.04 Å². The van der Waals surface area contributed by atoms with Gasteiger partial charge in [0.05, 0.1) is 11.4 Å². The predicted molar refractivity (Wildman–Crippen MR) is 118 cm³/mol. The number of unbranched alkanes of at least 4 members (excludes halogenated alkanes) is 1. The molecule has 2 aromatic heterocycles. The minimum Gasteiger partial charge on any atom is -0.454 e. The number of hydrogen-bond acceptors (Lipinski definition) is 3. The summed E-state index contributed by atoms with van der Waals surface area (Å²) >= 11 is 1.66. The normalized spacial score (nSPS) is 12.4. The molecular weight excluding hydrogens is 364 g/mol. The number of benzene rings is 2. The Balaban J connectivity index is 1.73. The molecule has 0 atom stereocenters. The first-order valence-electron chi connectivity index (χ1n) is 9.98. The van der Waals surface area contributed by atoms with E-state index in [4.69, 9.17) is 9.41 Å². The van der Waals surface area contributed by atoms with Crippen molar-refractivity contribution in [3.05, 3.63) is 70.3 Å². The third-order valence-corrected chi connectivity index (χ3v) is 5.76. The van der Waals surface area contributed by atoms with E-state index in [9.17, 15) is 0 Å². The largest absolute Gasteiger partial charge is 0.454 e. The fraction of sp³-hybridized carbons (Fsp3) is 0.292. The van der Waals surface area contributed by atoms with Gasteiger partial charge in [-0.15, -0.1) is 11.3 Å². The van der Waals surface area contributed by atoms with Crippen molar-refractivity contribution in [3.63, 3.8) is 0 Å². The van der Waals surface area contributed by atoms with Crippen LogP contribution in [-0.4, -0.2) is 4.57 Å². The second-order valence-electron chi connectivity index (χ2n) is 7.40. The standard InChI is InChI=1S/C24H26N2OS/c1-4-5-8-18-11-13-20(14-12-18)25-24-26(17(2)3)21(16-28-24)23-15-19-9-6-7-10-22(19)27-23/h6-7,9-17H,4-5,8H2,1-3H3. The Labute approximate surface area is 170 Å². The second kappa shape index (κ2) is 8.19. The van der Waals surface area contributed by atoms with Gasteiger partial charge in [-0.2, -0.15) is 0 Å². The lowest BCUT2D eigenvalue weighted by molar-refractivity contribution is 0.567. The molecule has 0 N–H and O–H groups in total.